The van der Waals surface area contributed by atoms with E-state index in [9.17, 15) is 14.4 Å². The van der Waals surface area contributed by atoms with Gasteiger partial charge >= 0.3 is 10.8 Å². The first kappa shape index (κ1) is 17.2. The van der Waals surface area contributed by atoms with Crippen LogP contribution >= 0.6 is 11.3 Å². The molecule has 1 unspecified atom stereocenters. The lowest BCUT2D eigenvalue weighted by Crippen LogP contribution is -2.48. The Kier molecular flexibility index (Phi) is 5.21. The third-order valence-electron chi connectivity index (χ3n) is 3.91. The smallest absolute Gasteiger partial charge is 0.308 e. The summed E-state index contributed by atoms with van der Waals surface area (Å²) < 4.78 is 6.39. The maximum Gasteiger partial charge on any atom is 0.308 e. The summed E-state index contributed by atoms with van der Waals surface area (Å²) in [5, 5.41) is 13.5. The first-order valence-corrected chi connectivity index (χ1v) is 8.26. The minimum Gasteiger partial charge on any atom is -0.456 e. The molecule has 7 nitrogen and oxygen atoms in total. The van der Waals surface area contributed by atoms with Crippen LogP contribution in [0.1, 0.15) is 31.9 Å². The fraction of sp³-hybridized carbons (Fsp3) is 0.600. The molecule has 8 heteroatoms. The van der Waals surface area contributed by atoms with Crippen molar-refractivity contribution in [3.05, 3.63) is 20.7 Å². The number of aromatic nitrogens is 1. The molecule has 1 aliphatic carbocycles. The van der Waals surface area contributed by atoms with Gasteiger partial charge in [-0.3, -0.25) is 14.4 Å². The number of esters is 1. The van der Waals surface area contributed by atoms with E-state index in [0.29, 0.717) is 0 Å². The van der Waals surface area contributed by atoms with Crippen LogP contribution in [-0.4, -0.2) is 28.6 Å². The van der Waals surface area contributed by atoms with E-state index < -0.39 is 24.0 Å². The van der Waals surface area contributed by atoms with E-state index in [1.807, 2.05) is 0 Å². The molecule has 1 N–H and O–H groups in total. The lowest BCUT2D eigenvalue weighted by molar-refractivity contribution is -0.149. The van der Waals surface area contributed by atoms with E-state index in [2.05, 4.69) is 11.4 Å². The molecule has 1 saturated carbocycles. The van der Waals surface area contributed by atoms with Gasteiger partial charge in [-0.25, -0.2) is 0 Å². The Labute approximate surface area is 137 Å². The van der Waals surface area contributed by atoms with E-state index >= 15 is 0 Å². The predicted molar refractivity (Wildman–Crippen MR) is 83.8 cm³/mol. The number of nitrogens with one attached hydrogen (secondary N) is 1. The average molecular weight is 337 g/mol. The van der Waals surface area contributed by atoms with Gasteiger partial charge in [0.15, 0.2) is 6.61 Å². The number of nitriles is 1. The first-order chi connectivity index (χ1) is 10.9. The highest BCUT2D eigenvalue weighted by atomic mass is 32.1. The lowest BCUT2D eigenvalue weighted by atomic mass is 9.98. The van der Waals surface area contributed by atoms with Crippen molar-refractivity contribution in [2.45, 2.75) is 45.2 Å². The van der Waals surface area contributed by atoms with Crippen LogP contribution in [0.5, 0.6) is 0 Å². The molecule has 0 radical (unpaired) electrons. The minimum absolute atomic E-state index is 0.0168. The van der Waals surface area contributed by atoms with Gasteiger partial charge in [-0.2, -0.15) is 5.26 Å². The van der Waals surface area contributed by atoms with Crippen molar-refractivity contribution < 1.29 is 14.3 Å². The lowest BCUT2D eigenvalue weighted by Gasteiger charge is -2.22. The van der Waals surface area contributed by atoms with Crippen molar-refractivity contribution >= 4 is 23.2 Å². The number of aryl methyl sites for hydroxylation is 1. The van der Waals surface area contributed by atoms with Gasteiger partial charge < -0.3 is 14.6 Å². The molecule has 0 aliphatic heterocycles. The van der Waals surface area contributed by atoms with Gasteiger partial charge in [0.25, 0.3) is 5.91 Å². The fourth-order valence-electron chi connectivity index (χ4n) is 2.30. The second-order valence-electron chi connectivity index (χ2n) is 5.84. The van der Waals surface area contributed by atoms with Crippen molar-refractivity contribution in [2.24, 2.45) is 5.92 Å². The van der Waals surface area contributed by atoms with Gasteiger partial charge in [-0.1, -0.05) is 11.3 Å². The SMILES string of the molecule is Cc1csc(=O)n1CCC(=O)OCC(=O)NC(C)(C#N)C1CC1. The molecule has 1 heterocycles. The Morgan fingerprint density at radius 3 is 2.78 bits per heavy atom. The normalized spacial score (nSPS) is 16.2. The quantitative estimate of drug-likeness (QED) is 0.747. The molecule has 0 spiro atoms. The van der Waals surface area contributed by atoms with Crippen LogP contribution in [0.25, 0.3) is 0 Å². The number of ether oxygens (including phenoxy) is 1. The predicted octanol–water partition coefficient (Wildman–Crippen LogP) is 0.960. The van der Waals surface area contributed by atoms with E-state index in [4.69, 9.17) is 10.00 Å². The van der Waals surface area contributed by atoms with Gasteiger partial charge in [-0.05, 0) is 32.6 Å². The molecule has 1 atom stereocenters. The topological polar surface area (TPSA) is 101 Å². The highest BCUT2D eigenvalue weighted by Crippen LogP contribution is 2.39. The number of thiazole rings is 1. The zero-order valence-corrected chi connectivity index (χ0v) is 13.9. The second kappa shape index (κ2) is 6.96. The summed E-state index contributed by atoms with van der Waals surface area (Å²) in [7, 11) is 0. The molecule has 0 aromatic carbocycles. The van der Waals surface area contributed by atoms with Crippen LogP contribution < -0.4 is 10.2 Å². The van der Waals surface area contributed by atoms with E-state index in [0.717, 1.165) is 29.9 Å². The fourth-order valence-corrected chi connectivity index (χ4v) is 3.06. The number of rotatable bonds is 7. The molecule has 1 aliphatic rings. The molecule has 2 rings (SSSR count). The Bertz CT molecular complexity index is 698. The summed E-state index contributed by atoms with van der Waals surface area (Å²) in [6, 6.07) is 2.11. The largest absolute Gasteiger partial charge is 0.456 e. The summed E-state index contributed by atoms with van der Waals surface area (Å²) in [6.45, 7) is 3.28. The third kappa shape index (κ3) is 4.42. The Hall–Kier alpha value is -2.14. The molecule has 1 fully saturated rings. The Morgan fingerprint density at radius 1 is 1.57 bits per heavy atom. The van der Waals surface area contributed by atoms with Crippen LogP contribution in [0.3, 0.4) is 0 Å². The number of amides is 1. The van der Waals surface area contributed by atoms with Crippen LogP contribution in [0, 0.1) is 24.2 Å². The molecular weight excluding hydrogens is 318 g/mol. The zero-order chi connectivity index (χ0) is 17.0. The van der Waals surface area contributed by atoms with Gasteiger partial charge in [0.1, 0.15) is 5.54 Å². The summed E-state index contributed by atoms with van der Waals surface area (Å²) in [6.07, 6.45) is 1.85. The molecule has 1 amide bonds. The molecule has 0 saturated heterocycles. The summed E-state index contributed by atoms with van der Waals surface area (Å²) in [5.74, 6) is -0.874. The molecule has 124 valence electrons. The molecule has 0 bridgehead atoms. The van der Waals surface area contributed by atoms with Crippen molar-refractivity contribution in [3.8, 4) is 6.07 Å². The summed E-state index contributed by atoms with van der Waals surface area (Å²) in [4.78, 5) is 34.9. The standard InChI is InChI=1S/C15H19N3O4S/c1-10-8-23-14(21)18(10)6-5-13(20)22-7-12(19)17-15(2,9-16)11-3-4-11/h8,11H,3-7H2,1-2H3,(H,17,19). The van der Waals surface area contributed by atoms with Crippen molar-refractivity contribution in [1.29, 1.82) is 5.26 Å². The van der Waals surface area contributed by atoms with Crippen molar-refractivity contribution in [2.75, 3.05) is 6.61 Å². The third-order valence-corrected chi connectivity index (χ3v) is 4.79. The first-order valence-electron chi connectivity index (χ1n) is 7.38. The van der Waals surface area contributed by atoms with Gasteiger partial charge in [0.2, 0.25) is 0 Å². The molecule has 23 heavy (non-hydrogen) atoms. The highest BCUT2D eigenvalue weighted by Gasteiger charge is 2.43. The summed E-state index contributed by atoms with van der Waals surface area (Å²) >= 11 is 1.08. The number of hydrogen-bond acceptors (Lipinski definition) is 6. The van der Waals surface area contributed by atoms with Crippen molar-refractivity contribution in [1.82, 2.24) is 9.88 Å². The maximum absolute atomic E-state index is 11.8. The monoisotopic (exact) mass is 337 g/mol. The van der Waals surface area contributed by atoms with Crippen LogP contribution in [-0.2, 0) is 20.9 Å². The number of carbonyl (C=O) groups excluding carboxylic acids is 2. The second-order valence-corrected chi connectivity index (χ2v) is 6.66. The molecule has 1 aromatic rings. The average Bonchev–Trinajstić information content (AvgIpc) is 3.32. The zero-order valence-electron chi connectivity index (χ0n) is 13.1. The Morgan fingerprint density at radius 2 is 2.26 bits per heavy atom. The van der Waals surface area contributed by atoms with Crippen LogP contribution in [0.15, 0.2) is 10.2 Å². The number of hydrogen-bond donors (Lipinski definition) is 1. The summed E-state index contributed by atoms with van der Waals surface area (Å²) in [5.41, 5.74) is -0.107. The number of nitrogens with zero attached hydrogens (tertiary/aromatic N) is 2. The highest BCUT2D eigenvalue weighted by molar-refractivity contribution is 7.07. The van der Waals surface area contributed by atoms with E-state index in [1.54, 1.807) is 19.2 Å². The van der Waals surface area contributed by atoms with Crippen LogP contribution in [0.4, 0.5) is 0 Å². The van der Waals surface area contributed by atoms with E-state index in [1.165, 1.54) is 4.57 Å². The minimum atomic E-state index is -0.898. The maximum atomic E-state index is 11.8. The Balaban J connectivity index is 1.75. The molecular formula is C15H19N3O4S. The van der Waals surface area contributed by atoms with Crippen molar-refractivity contribution in [3.63, 3.8) is 0 Å². The van der Waals surface area contributed by atoms with Crippen LogP contribution in [0.2, 0.25) is 0 Å². The van der Waals surface area contributed by atoms with Gasteiger partial charge in [0, 0.05) is 17.6 Å². The molecule has 1 aromatic heterocycles. The van der Waals surface area contributed by atoms with E-state index in [-0.39, 0.29) is 23.8 Å². The number of carbonyl (C=O) groups is 2. The van der Waals surface area contributed by atoms with Gasteiger partial charge in [-0.15, -0.1) is 0 Å². The van der Waals surface area contributed by atoms with Gasteiger partial charge in [0.05, 0.1) is 12.5 Å².